The Morgan fingerprint density at radius 3 is 2.90 bits per heavy atom. The minimum atomic E-state index is -0.503. The molecule has 0 radical (unpaired) electrons. The van der Waals surface area contributed by atoms with Gasteiger partial charge in [0.1, 0.15) is 24.2 Å². The van der Waals surface area contributed by atoms with Crippen LogP contribution in [0.25, 0.3) is 0 Å². The number of nitrogens with one attached hydrogen (secondary N) is 1. The highest BCUT2D eigenvalue weighted by molar-refractivity contribution is 5.79. The number of ether oxygens (including phenoxy) is 2. The smallest absolute Gasteiger partial charge is 0.224 e. The molecule has 216 valence electrons. The van der Waals surface area contributed by atoms with E-state index >= 15 is 0 Å². The van der Waals surface area contributed by atoms with Gasteiger partial charge in [-0.1, -0.05) is 24.3 Å². The fraction of sp³-hybridized carbons (Fsp3) is 0.312. The molecule has 0 fully saturated rings. The van der Waals surface area contributed by atoms with E-state index < -0.39 is 5.82 Å². The van der Waals surface area contributed by atoms with E-state index in [4.69, 9.17) is 9.47 Å². The third kappa shape index (κ3) is 6.27. The maximum absolute atomic E-state index is 14.7. The normalized spacial score (nSPS) is 16.8. The Morgan fingerprint density at radius 1 is 1.10 bits per heavy atom. The molecule has 0 spiro atoms. The standard InChI is InChI=1S/C32H32FN5O4/c33-28-10-7-22-16-29(28)42-26-8-9-27-23(18-26)11-14-38(31(40)6-2-13-37-21-34-20-36-37)32(27)24-4-1-5-25(19-24)41-15-3-12-35-30(39)17-22/h1,4-5,7-10,16,18-21,32H,2-3,6,11-15,17H2,(H,35,39). The molecule has 1 N–H and O–H groups in total. The number of carbonyl (C=O) groups excluding carboxylic acids is 2. The molecule has 3 aromatic carbocycles. The summed E-state index contributed by atoms with van der Waals surface area (Å²) in [6.07, 6.45) is 5.54. The van der Waals surface area contributed by atoms with Gasteiger partial charge in [-0.25, -0.2) is 9.37 Å². The van der Waals surface area contributed by atoms with Crippen LogP contribution in [0.5, 0.6) is 17.2 Å². The van der Waals surface area contributed by atoms with Gasteiger partial charge in [-0.3, -0.25) is 14.3 Å². The van der Waals surface area contributed by atoms with Gasteiger partial charge in [0.05, 0.1) is 19.1 Å². The lowest BCUT2D eigenvalue weighted by molar-refractivity contribution is -0.133. The Balaban J connectivity index is 1.33. The predicted molar refractivity (Wildman–Crippen MR) is 153 cm³/mol. The topological polar surface area (TPSA) is 98.6 Å². The van der Waals surface area contributed by atoms with Crippen molar-refractivity contribution in [2.75, 3.05) is 19.7 Å². The number of amides is 2. The molecule has 8 bridgehead atoms. The SMILES string of the molecule is O=C1Cc2ccc(F)c(c2)Oc2ccc3c(c2)CCN(C(=O)CCCn2cncn2)C3c2cccc(c2)OCCCN1. The van der Waals surface area contributed by atoms with Crippen molar-refractivity contribution in [3.8, 4) is 17.2 Å². The summed E-state index contributed by atoms with van der Waals surface area (Å²) < 4.78 is 28.5. The van der Waals surface area contributed by atoms with Gasteiger partial charge in [-0.05, 0) is 77.9 Å². The number of benzene rings is 3. The molecule has 1 aromatic heterocycles. The Kier molecular flexibility index (Phi) is 8.12. The number of nitrogens with zero attached hydrogens (tertiary/aromatic N) is 4. The number of aromatic nitrogens is 3. The molecule has 3 aliphatic rings. The van der Waals surface area contributed by atoms with Gasteiger partial charge in [0.2, 0.25) is 11.8 Å². The van der Waals surface area contributed by atoms with Crippen LogP contribution in [0.3, 0.4) is 0 Å². The van der Waals surface area contributed by atoms with Crippen molar-refractivity contribution in [3.63, 3.8) is 0 Å². The lowest BCUT2D eigenvalue weighted by atomic mass is 9.87. The minimum Gasteiger partial charge on any atom is -0.494 e. The van der Waals surface area contributed by atoms with Crippen molar-refractivity contribution in [2.45, 2.75) is 44.7 Å². The molecule has 0 saturated heterocycles. The monoisotopic (exact) mass is 569 g/mol. The Morgan fingerprint density at radius 2 is 2.02 bits per heavy atom. The van der Waals surface area contributed by atoms with E-state index in [0.29, 0.717) is 69.0 Å². The highest BCUT2D eigenvalue weighted by Crippen LogP contribution is 2.39. The number of fused-ring (bicyclic) bond motifs is 7. The van der Waals surface area contributed by atoms with Gasteiger partial charge >= 0.3 is 0 Å². The van der Waals surface area contributed by atoms with Crippen LogP contribution in [0.15, 0.2) is 73.3 Å². The van der Waals surface area contributed by atoms with Crippen molar-refractivity contribution in [3.05, 3.63) is 101 Å². The average molecular weight is 570 g/mol. The van der Waals surface area contributed by atoms with E-state index in [1.807, 2.05) is 41.3 Å². The number of hydrogen-bond donors (Lipinski definition) is 1. The van der Waals surface area contributed by atoms with Gasteiger partial charge < -0.3 is 19.7 Å². The Hall–Kier alpha value is -4.73. The molecule has 7 rings (SSSR count). The molecule has 2 amide bonds. The van der Waals surface area contributed by atoms with Crippen LogP contribution in [0, 0.1) is 5.82 Å². The highest BCUT2D eigenvalue weighted by atomic mass is 19.1. The molecular weight excluding hydrogens is 537 g/mol. The Bertz CT molecular complexity index is 1580. The van der Waals surface area contributed by atoms with Crippen LogP contribution in [0.4, 0.5) is 4.39 Å². The molecule has 9 nitrogen and oxygen atoms in total. The van der Waals surface area contributed by atoms with Crippen molar-refractivity contribution in [1.29, 1.82) is 0 Å². The summed E-state index contributed by atoms with van der Waals surface area (Å²) in [5.41, 5.74) is 3.63. The van der Waals surface area contributed by atoms with Gasteiger partial charge in [0.25, 0.3) is 0 Å². The lowest BCUT2D eigenvalue weighted by Gasteiger charge is -2.38. The van der Waals surface area contributed by atoms with Crippen molar-refractivity contribution in [2.24, 2.45) is 0 Å². The first-order valence-corrected chi connectivity index (χ1v) is 14.2. The molecule has 42 heavy (non-hydrogen) atoms. The number of aryl methyl sites for hydroxylation is 1. The first-order chi connectivity index (χ1) is 20.5. The first-order valence-electron chi connectivity index (χ1n) is 14.2. The highest BCUT2D eigenvalue weighted by Gasteiger charge is 2.32. The van der Waals surface area contributed by atoms with E-state index in [1.165, 1.54) is 12.4 Å². The van der Waals surface area contributed by atoms with E-state index in [-0.39, 0.29) is 30.0 Å². The number of halogens is 1. The van der Waals surface area contributed by atoms with Crippen LogP contribution in [-0.4, -0.2) is 51.2 Å². The summed E-state index contributed by atoms with van der Waals surface area (Å²) in [7, 11) is 0. The third-order valence-corrected chi connectivity index (χ3v) is 7.58. The van der Waals surface area contributed by atoms with Crippen LogP contribution >= 0.6 is 0 Å². The van der Waals surface area contributed by atoms with Crippen molar-refractivity contribution in [1.82, 2.24) is 25.0 Å². The van der Waals surface area contributed by atoms with Crippen LogP contribution < -0.4 is 14.8 Å². The molecule has 0 aliphatic carbocycles. The zero-order valence-corrected chi connectivity index (χ0v) is 23.2. The maximum Gasteiger partial charge on any atom is 0.224 e. The number of hydrogen-bond acceptors (Lipinski definition) is 6. The quantitative estimate of drug-likeness (QED) is 0.386. The van der Waals surface area contributed by atoms with Gasteiger partial charge in [0, 0.05) is 26.1 Å². The second-order valence-corrected chi connectivity index (χ2v) is 10.5. The first kappa shape index (κ1) is 27.4. The van der Waals surface area contributed by atoms with Crippen molar-refractivity contribution >= 4 is 11.8 Å². The lowest BCUT2D eigenvalue weighted by Crippen LogP contribution is -2.40. The largest absolute Gasteiger partial charge is 0.494 e. The molecular formula is C32H32FN5O4. The van der Waals surface area contributed by atoms with Crippen LogP contribution in [0.2, 0.25) is 0 Å². The van der Waals surface area contributed by atoms with Crippen LogP contribution in [0.1, 0.15) is 47.6 Å². The molecule has 4 heterocycles. The summed E-state index contributed by atoms with van der Waals surface area (Å²) in [6.45, 7) is 2.03. The van der Waals surface area contributed by atoms with Gasteiger partial charge in [0.15, 0.2) is 11.6 Å². The summed E-state index contributed by atoms with van der Waals surface area (Å²) in [4.78, 5) is 32.0. The summed E-state index contributed by atoms with van der Waals surface area (Å²) >= 11 is 0. The zero-order valence-electron chi connectivity index (χ0n) is 23.2. The third-order valence-electron chi connectivity index (χ3n) is 7.58. The van der Waals surface area contributed by atoms with Crippen molar-refractivity contribution < 1.29 is 23.5 Å². The molecule has 4 aromatic rings. The van der Waals surface area contributed by atoms with Gasteiger partial charge in [-0.15, -0.1) is 0 Å². The molecule has 1 unspecified atom stereocenters. The molecule has 0 saturated carbocycles. The number of rotatable bonds is 4. The van der Waals surface area contributed by atoms with Crippen LogP contribution in [-0.2, 0) is 29.0 Å². The fourth-order valence-electron chi connectivity index (χ4n) is 5.55. The fourth-order valence-corrected chi connectivity index (χ4v) is 5.55. The summed E-state index contributed by atoms with van der Waals surface area (Å²) in [6, 6.07) is 17.7. The summed E-state index contributed by atoms with van der Waals surface area (Å²) in [5.74, 6) is 0.668. The predicted octanol–water partition coefficient (Wildman–Crippen LogP) is 4.61. The van der Waals surface area contributed by atoms with E-state index in [9.17, 15) is 14.0 Å². The maximum atomic E-state index is 14.7. The zero-order chi connectivity index (χ0) is 28.9. The Labute approximate surface area is 243 Å². The second-order valence-electron chi connectivity index (χ2n) is 10.5. The molecule has 10 heteroatoms. The molecule has 1 atom stereocenters. The number of carbonyl (C=O) groups is 2. The van der Waals surface area contributed by atoms with Gasteiger partial charge in [-0.2, -0.15) is 5.10 Å². The van der Waals surface area contributed by atoms with E-state index in [0.717, 1.165) is 16.7 Å². The minimum absolute atomic E-state index is 0.0606. The molecule has 3 aliphatic heterocycles. The summed E-state index contributed by atoms with van der Waals surface area (Å²) in [5, 5.41) is 7.02. The van der Waals surface area contributed by atoms with E-state index in [1.54, 1.807) is 29.2 Å². The average Bonchev–Trinajstić information content (AvgIpc) is 3.51. The van der Waals surface area contributed by atoms with E-state index in [2.05, 4.69) is 15.4 Å². The second kappa shape index (κ2) is 12.4.